The van der Waals surface area contributed by atoms with E-state index in [2.05, 4.69) is 10.2 Å². The van der Waals surface area contributed by atoms with Crippen molar-refractivity contribution in [2.75, 3.05) is 0 Å². The zero-order valence-electron chi connectivity index (χ0n) is 27.6. The monoisotopic (exact) mass is 714 g/mol. The van der Waals surface area contributed by atoms with Crippen LogP contribution in [0.5, 0.6) is 0 Å². The smallest absolute Gasteiger partial charge is 0.279 e. The van der Waals surface area contributed by atoms with Crippen LogP contribution in [0.3, 0.4) is 0 Å². The Kier molecular flexibility index (Phi) is 8.22. The third kappa shape index (κ3) is 4.85. The molecule has 6 N–H and O–H groups in total. The van der Waals surface area contributed by atoms with Crippen LogP contribution in [0.25, 0.3) is 11.1 Å². The summed E-state index contributed by atoms with van der Waals surface area (Å²) in [6.07, 6.45) is -0.968. The van der Waals surface area contributed by atoms with E-state index in [1.165, 1.54) is 24.3 Å². The van der Waals surface area contributed by atoms with Crippen molar-refractivity contribution >= 4 is 43.2 Å². The normalized spacial score (nSPS) is 22.4. The van der Waals surface area contributed by atoms with E-state index in [-0.39, 0.29) is 44.8 Å². The molecule has 0 saturated heterocycles. The molecule has 0 saturated carbocycles. The van der Waals surface area contributed by atoms with E-state index in [0.29, 0.717) is 33.4 Å². The first-order valence-electron chi connectivity index (χ1n) is 15.4. The molecule has 50 heavy (non-hydrogen) atoms. The maximum absolute atomic E-state index is 13.5. The molecule has 0 aliphatic heterocycles. The van der Waals surface area contributed by atoms with Crippen LogP contribution in [-0.4, -0.2) is 48.9 Å². The van der Waals surface area contributed by atoms with E-state index >= 15 is 0 Å². The molecule has 4 aromatic rings. The quantitative estimate of drug-likeness (QED) is 0.127. The summed E-state index contributed by atoms with van der Waals surface area (Å²) in [7, 11) is -9.88. The molecule has 14 heteroatoms. The lowest BCUT2D eigenvalue weighted by molar-refractivity contribution is 0.105. The van der Waals surface area contributed by atoms with Gasteiger partial charge in [-0.2, -0.15) is 27.0 Å². The highest BCUT2D eigenvalue weighted by molar-refractivity contribution is 7.87. The minimum absolute atomic E-state index is 0.0619. The molecule has 2 unspecified atom stereocenters. The number of benzene rings is 4. The number of hydrazone groups is 2. The van der Waals surface area contributed by atoms with Crippen molar-refractivity contribution in [3.8, 4) is 11.1 Å². The molecule has 12 nitrogen and oxygen atoms in total. The van der Waals surface area contributed by atoms with Crippen molar-refractivity contribution in [2.24, 2.45) is 21.9 Å². The van der Waals surface area contributed by atoms with Gasteiger partial charge in [0.15, 0.2) is 9.49 Å². The summed E-state index contributed by atoms with van der Waals surface area (Å²) in [5.74, 6) is 10.1. The molecule has 2 aliphatic carbocycles. The van der Waals surface area contributed by atoms with Gasteiger partial charge >= 0.3 is 0 Å². The predicted octanol–water partition coefficient (Wildman–Crippen LogP) is 4.65. The van der Waals surface area contributed by atoms with Gasteiger partial charge in [-0.05, 0) is 83.3 Å². The Hall–Kier alpha value is -5.02. The summed E-state index contributed by atoms with van der Waals surface area (Å²) >= 11 is 0. The lowest BCUT2D eigenvalue weighted by Gasteiger charge is -2.39. The number of hydrogen-bond acceptors (Lipinski definition) is 10. The highest BCUT2D eigenvalue weighted by Crippen LogP contribution is 2.51. The van der Waals surface area contributed by atoms with Gasteiger partial charge in [-0.1, -0.05) is 72.8 Å². The minimum Gasteiger partial charge on any atom is -0.323 e. The maximum atomic E-state index is 13.5. The number of nitrogens with two attached hydrogens (primary N) is 2. The first-order chi connectivity index (χ1) is 23.4. The number of carbonyl (C=O) groups excluding carboxylic acids is 2. The first kappa shape index (κ1) is 34.8. The molecule has 0 bridgehead atoms. The molecular formula is C36H34N4O8S2. The average molecular weight is 715 g/mol. The fraction of sp³-hybridized carbons (Fsp3) is 0.222. The van der Waals surface area contributed by atoms with Crippen molar-refractivity contribution in [2.45, 2.75) is 50.0 Å². The van der Waals surface area contributed by atoms with Crippen LogP contribution in [0.1, 0.15) is 78.1 Å². The highest BCUT2D eigenvalue weighted by Gasteiger charge is 2.56. The largest absolute Gasteiger partial charge is 0.323 e. The number of ketones is 2. The van der Waals surface area contributed by atoms with E-state index in [4.69, 9.17) is 11.7 Å². The van der Waals surface area contributed by atoms with Gasteiger partial charge in [0.1, 0.15) is 11.4 Å². The summed E-state index contributed by atoms with van der Waals surface area (Å²) in [4.78, 5) is 26.3. The Morgan fingerprint density at radius 1 is 0.580 bits per heavy atom. The summed E-state index contributed by atoms with van der Waals surface area (Å²) in [5, 5.41) is 7.20. The van der Waals surface area contributed by atoms with E-state index in [0.717, 1.165) is 0 Å². The molecule has 6 rings (SSSR count). The van der Waals surface area contributed by atoms with Crippen LogP contribution in [-0.2, 0) is 29.7 Å². The Morgan fingerprint density at radius 3 is 1.16 bits per heavy atom. The second kappa shape index (κ2) is 11.8. The third-order valence-electron chi connectivity index (χ3n) is 9.97. The Balaban J connectivity index is 1.58. The average Bonchev–Trinajstić information content (AvgIpc) is 3.05. The van der Waals surface area contributed by atoms with E-state index in [9.17, 15) is 35.5 Å². The van der Waals surface area contributed by atoms with Gasteiger partial charge in [0.05, 0.1) is 0 Å². The van der Waals surface area contributed by atoms with Gasteiger partial charge in [-0.25, -0.2) is 0 Å². The van der Waals surface area contributed by atoms with Gasteiger partial charge in [-0.15, -0.1) is 0 Å². The molecule has 2 atom stereocenters. The SMILES string of the molecule is Cc1cc(-c2cc(C)c(C3(S(=O)(=O)O)CC(=NN)C(=O)c4ccccc43)c(C)c2)cc(C)c1C1(S(=O)(=O)O)CC(=NN)C(=O)c2ccccc21. The van der Waals surface area contributed by atoms with Gasteiger partial charge < -0.3 is 11.7 Å². The van der Waals surface area contributed by atoms with Crippen molar-refractivity contribution in [3.05, 3.63) is 128 Å². The van der Waals surface area contributed by atoms with Crippen molar-refractivity contribution in [1.29, 1.82) is 0 Å². The van der Waals surface area contributed by atoms with Gasteiger partial charge in [0.2, 0.25) is 11.6 Å². The van der Waals surface area contributed by atoms with Crippen molar-refractivity contribution in [1.82, 2.24) is 0 Å². The summed E-state index contributed by atoms with van der Waals surface area (Å²) in [6, 6.07) is 19.2. The van der Waals surface area contributed by atoms with Gasteiger partial charge in [0, 0.05) is 24.0 Å². The number of Topliss-reactive ketones (excluding diaryl/α,β-unsaturated/α-hetero) is 2. The summed E-state index contributed by atoms with van der Waals surface area (Å²) in [5.41, 5.74) is 3.67. The van der Waals surface area contributed by atoms with Crippen LogP contribution in [0.2, 0.25) is 0 Å². The Labute approximate surface area is 289 Å². The second-order valence-corrected chi connectivity index (χ2v) is 16.1. The molecule has 0 aromatic heterocycles. The number of rotatable bonds is 5. The lowest BCUT2D eigenvalue weighted by atomic mass is 9.73. The molecule has 0 heterocycles. The molecule has 258 valence electrons. The van der Waals surface area contributed by atoms with Crippen LogP contribution < -0.4 is 11.7 Å². The van der Waals surface area contributed by atoms with Crippen molar-refractivity contribution < 1.29 is 35.5 Å². The zero-order chi connectivity index (χ0) is 36.6. The standard InChI is InChI=1S/C36H34N4O8S2/c1-19-13-23(14-20(2)31(19)35(49(43,44)45)17-29(39-37)33(41)25-9-5-7-11-27(25)35)24-15-21(3)32(22(4)16-24)36(50(46,47)48)18-30(40-38)34(42)26-10-6-8-12-28(26)36/h5-16H,17-18,37-38H2,1-4H3,(H,43,44,45)(H,46,47,48). The van der Waals surface area contributed by atoms with Crippen LogP contribution >= 0.6 is 0 Å². The number of nitrogens with zero attached hydrogens (tertiary/aromatic N) is 2. The van der Waals surface area contributed by atoms with E-state index < -0.39 is 54.1 Å². The number of aryl methyl sites for hydroxylation is 4. The molecule has 0 radical (unpaired) electrons. The Bertz CT molecular complexity index is 2240. The summed E-state index contributed by atoms with van der Waals surface area (Å²) < 4.78 is 71.6. The van der Waals surface area contributed by atoms with Crippen LogP contribution in [0, 0.1) is 27.7 Å². The van der Waals surface area contributed by atoms with Gasteiger partial charge in [0.25, 0.3) is 20.2 Å². The number of carbonyl (C=O) groups is 2. The highest BCUT2D eigenvalue weighted by atomic mass is 32.2. The molecular weight excluding hydrogens is 681 g/mol. The molecule has 0 fully saturated rings. The molecule has 4 aromatic carbocycles. The number of hydrogen-bond donors (Lipinski definition) is 4. The summed E-state index contributed by atoms with van der Waals surface area (Å²) in [6.45, 7) is 6.79. The fourth-order valence-corrected chi connectivity index (χ4v) is 10.8. The predicted molar refractivity (Wildman–Crippen MR) is 190 cm³/mol. The molecule has 0 spiro atoms. The Morgan fingerprint density at radius 2 is 0.880 bits per heavy atom. The van der Waals surface area contributed by atoms with Crippen molar-refractivity contribution in [3.63, 3.8) is 0 Å². The molecule has 2 aliphatic rings. The third-order valence-corrected chi connectivity index (χ3v) is 12.9. The number of fused-ring (bicyclic) bond motifs is 2. The second-order valence-electron chi connectivity index (χ2n) is 12.8. The van der Waals surface area contributed by atoms with Crippen LogP contribution in [0.4, 0.5) is 0 Å². The fourth-order valence-electron chi connectivity index (χ4n) is 8.11. The van der Waals surface area contributed by atoms with E-state index in [1.54, 1.807) is 76.2 Å². The topological polar surface area (TPSA) is 220 Å². The van der Waals surface area contributed by atoms with E-state index in [1.807, 2.05) is 0 Å². The van der Waals surface area contributed by atoms with Gasteiger partial charge in [-0.3, -0.25) is 18.7 Å². The first-order valence-corrected chi connectivity index (χ1v) is 18.3. The minimum atomic E-state index is -4.94. The maximum Gasteiger partial charge on any atom is 0.279 e. The lowest BCUT2D eigenvalue weighted by Crippen LogP contribution is -2.46. The zero-order valence-corrected chi connectivity index (χ0v) is 29.2. The van der Waals surface area contributed by atoms with Crippen LogP contribution in [0.15, 0.2) is 83.0 Å². The molecule has 0 amide bonds.